The number of hydrogen-bond donors (Lipinski definition) is 0. The van der Waals surface area contributed by atoms with Crippen LogP contribution in [0.4, 0.5) is 4.79 Å². The number of carbonyl (C=O) groups is 3. The molecule has 6 heteroatoms. The molecule has 144 valence electrons. The molecular weight excluding hydrogens is 356 g/mol. The quantitative estimate of drug-likeness (QED) is 0.539. The van der Waals surface area contributed by atoms with Crippen LogP contribution in [0.15, 0.2) is 70.9 Å². The van der Waals surface area contributed by atoms with Gasteiger partial charge in [-0.2, -0.15) is 0 Å². The van der Waals surface area contributed by atoms with E-state index in [2.05, 4.69) is 0 Å². The van der Waals surface area contributed by atoms with Crippen molar-refractivity contribution >= 4 is 23.9 Å². The van der Waals surface area contributed by atoms with Gasteiger partial charge in [0.1, 0.15) is 11.3 Å². The van der Waals surface area contributed by atoms with E-state index in [0.717, 1.165) is 21.8 Å². The van der Waals surface area contributed by atoms with Crippen LogP contribution in [0, 0.1) is 0 Å². The molecule has 3 rings (SSSR count). The van der Waals surface area contributed by atoms with E-state index in [1.807, 2.05) is 37.3 Å². The first kappa shape index (κ1) is 19.4. The molecule has 0 unspecified atom stereocenters. The molecule has 2 aromatic rings. The van der Waals surface area contributed by atoms with E-state index in [1.54, 1.807) is 24.3 Å². The van der Waals surface area contributed by atoms with Gasteiger partial charge in [-0.15, -0.1) is 0 Å². The maximum absolute atomic E-state index is 12.8. The molecule has 6 nitrogen and oxygen atoms in total. The largest absolute Gasteiger partial charge is 0.467 e. The van der Waals surface area contributed by atoms with Crippen LogP contribution < -0.4 is 0 Å². The number of carbonyl (C=O) groups excluding carboxylic acids is 3. The van der Waals surface area contributed by atoms with Gasteiger partial charge in [-0.3, -0.25) is 19.4 Å². The van der Waals surface area contributed by atoms with Crippen molar-refractivity contribution in [3.8, 4) is 0 Å². The van der Waals surface area contributed by atoms with Crippen LogP contribution in [0.5, 0.6) is 0 Å². The van der Waals surface area contributed by atoms with Gasteiger partial charge in [0.2, 0.25) is 0 Å². The van der Waals surface area contributed by atoms with E-state index >= 15 is 0 Å². The molecule has 1 saturated heterocycles. The lowest BCUT2D eigenvalue weighted by Gasteiger charge is -2.33. The second-order valence-corrected chi connectivity index (χ2v) is 6.41. The molecule has 2 heterocycles. The highest BCUT2D eigenvalue weighted by Gasteiger charge is 2.41. The van der Waals surface area contributed by atoms with Crippen molar-refractivity contribution < 1.29 is 18.8 Å². The highest BCUT2D eigenvalue weighted by Crippen LogP contribution is 2.21. The highest BCUT2D eigenvalue weighted by atomic mass is 16.3. The van der Waals surface area contributed by atoms with Crippen molar-refractivity contribution in [3.63, 3.8) is 0 Å². The molecule has 28 heavy (non-hydrogen) atoms. The second kappa shape index (κ2) is 8.99. The van der Waals surface area contributed by atoms with Gasteiger partial charge in [-0.1, -0.05) is 55.8 Å². The van der Waals surface area contributed by atoms with Crippen LogP contribution in [-0.4, -0.2) is 34.2 Å². The fourth-order valence-electron chi connectivity index (χ4n) is 2.88. The van der Waals surface area contributed by atoms with Gasteiger partial charge in [0.05, 0.1) is 12.8 Å². The van der Waals surface area contributed by atoms with E-state index in [9.17, 15) is 14.4 Å². The Kier molecular flexibility index (Phi) is 6.22. The zero-order valence-corrected chi connectivity index (χ0v) is 15.7. The molecule has 1 aromatic carbocycles. The Balaban J connectivity index is 1.88. The Labute approximate surface area is 163 Å². The first-order valence-electron chi connectivity index (χ1n) is 9.25. The minimum absolute atomic E-state index is 0.0136. The summed E-state index contributed by atoms with van der Waals surface area (Å²) in [5.74, 6) is -0.695. The summed E-state index contributed by atoms with van der Waals surface area (Å²) in [6.07, 6.45) is 7.91. The maximum Gasteiger partial charge on any atom is 0.334 e. The summed E-state index contributed by atoms with van der Waals surface area (Å²) in [4.78, 5) is 40.6. The minimum Gasteiger partial charge on any atom is -0.467 e. The Bertz CT molecular complexity index is 898. The molecule has 1 aromatic heterocycles. The van der Waals surface area contributed by atoms with Crippen molar-refractivity contribution in [2.45, 2.75) is 26.3 Å². The van der Waals surface area contributed by atoms with Crippen LogP contribution in [0.1, 0.15) is 31.1 Å². The summed E-state index contributed by atoms with van der Waals surface area (Å²) in [6.45, 7) is 2.24. The Morgan fingerprint density at radius 2 is 1.71 bits per heavy atom. The van der Waals surface area contributed by atoms with E-state index in [-0.39, 0.29) is 18.7 Å². The SMILES string of the molecule is CCCCN1C(=O)C(=CC=Cc2ccccc2)C(=O)N(Cc2ccco2)C1=O. The number of allylic oxidation sites excluding steroid dienone is 2. The summed E-state index contributed by atoms with van der Waals surface area (Å²) in [5, 5.41) is 0. The van der Waals surface area contributed by atoms with Crippen LogP contribution >= 0.6 is 0 Å². The van der Waals surface area contributed by atoms with Gasteiger partial charge in [-0.05, 0) is 30.2 Å². The molecule has 0 bridgehead atoms. The van der Waals surface area contributed by atoms with E-state index in [4.69, 9.17) is 4.42 Å². The van der Waals surface area contributed by atoms with Gasteiger partial charge in [0.25, 0.3) is 11.8 Å². The smallest absolute Gasteiger partial charge is 0.334 e. The predicted molar refractivity (Wildman–Crippen MR) is 105 cm³/mol. The molecule has 1 aliphatic rings. The third-order valence-electron chi connectivity index (χ3n) is 4.39. The van der Waals surface area contributed by atoms with Crippen LogP contribution in [0.25, 0.3) is 6.08 Å². The lowest BCUT2D eigenvalue weighted by Crippen LogP contribution is -2.56. The Morgan fingerprint density at radius 3 is 2.39 bits per heavy atom. The van der Waals surface area contributed by atoms with Gasteiger partial charge < -0.3 is 4.42 Å². The summed E-state index contributed by atoms with van der Waals surface area (Å²) in [5.41, 5.74) is 0.913. The number of barbiturate groups is 1. The monoisotopic (exact) mass is 378 g/mol. The van der Waals surface area contributed by atoms with Gasteiger partial charge in [0, 0.05) is 6.54 Å². The van der Waals surface area contributed by atoms with Crippen LogP contribution in [-0.2, 0) is 16.1 Å². The summed E-state index contributed by atoms with van der Waals surface area (Å²) < 4.78 is 5.27. The second-order valence-electron chi connectivity index (χ2n) is 6.41. The number of rotatable bonds is 7. The van der Waals surface area contributed by atoms with Crippen LogP contribution in [0.2, 0.25) is 0 Å². The molecule has 0 spiro atoms. The molecular formula is C22H22N2O4. The van der Waals surface area contributed by atoms with Crippen molar-refractivity contribution in [2.75, 3.05) is 6.54 Å². The molecule has 0 aliphatic carbocycles. The average molecular weight is 378 g/mol. The lowest BCUT2D eigenvalue weighted by molar-refractivity contribution is -0.136. The normalized spacial score (nSPS) is 16.6. The van der Waals surface area contributed by atoms with Crippen molar-refractivity contribution in [1.82, 2.24) is 9.80 Å². The van der Waals surface area contributed by atoms with Crippen LogP contribution in [0.3, 0.4) is 0 Å². The topological polar surface area (TPSA) is 70.8 Å². The maximum atomic E-state index is 12.8. The first-order chi connectivity index (χ1) is 13.6. The fourth-order valence-corrected chi connectivity index (χ4v) is 2.88. The third-order valence-corrected chi connectivity index (χ3v) is 4.39. The Hall–Kier alpha value is -3.41. The molecule has 1 aliphatic heterocycles. The third kappa shape index (κ3) is 4.28. The highest BCUT2D eigenvalue weighted by molar-refractivity contribution is 6.28. The number of urea groups is 1. The molecule has 0 saturated carbocycles. The number of nitrogens with zero attached hydrogens (tertiary/aromatic N) is 2. The number of benzene rings is 1. The Morgan fingerprint density at radius 1 is 0.964 bits per heavy atom. The summed E-state index contributed by atoms with van der Waals surface area (Å²) in [6, 6.07) is 12.3. The van der Waals surface area contributed by atoms with Gasteiger partial charge in [-0.25, -0.2) is 4.79 Å². The molecule has 0 N–H and O–H groups in total. The predicted octanol–water partition coefficient (Wildman–Crippen LogP) is 4.01. The summed E-state index contributed by atoms with van der Waals surface area (Å²) >= 11 is 0. The van der Waals surface area contributed by atoms with Gasteiger partial charge >= 0.3 is 6.03 Å². The fraction of sp³-hybridized carbons (Fsp3) is 0.227. The van der Waals surface area contributed by atoms with Crippen molar-refractivity contribution in [1.29, 1.82) is 0 Å². The minimum atomic E-state index is -0.614. The average Bonchev–Trinajstić information content (AvgIpc) is 3.22. The zero-order chi connectivity index (χ0) is 19.9. The zero-order valence-electron chi connectivity index (χ0n) is 15.7. The number of unbranched alkanes of at least 4 members (excludes halogenated alkanes) is 1. The molecule has 0 radical (unpaired) electrons. The molecule has 4 amide bonds. The number of amides is 4. The molecule has 0 atom stereocenters. The summed E-state index contributed by atoms with van der Waals surface area (Å²) in [7, 11) is 0. The van der Waals surface area contributed by atoms with E-state index in [1.165, 1.54) is 12.3 Å². The number of imide groups is 2. The lowest BCUT2D eigenvalue weighted by atomic mass is 10.1. The number of furan rings is 1. The van der Waals surface area contributed by atoms with E-state index in [0.29, 0.717) is 12.2 Å². The number of hydrogen-bond acceptors (Lipinski definition) is 4. The molecule has 1 fully saturated rings. The van der Waals surface area contributed by atoms with Crippen molar-refractivity contribution in [2.24, 2.45) is 0 Å². The first-order valence-corrected chi connectivity index (χ1v) is 9.25. The van der Waals surface area contributed by atoms with Crippen molar-refractivity contribution in [3.05, 3.63) is 77.8 Å². The standard InChI is InChI=1S/C22H22N2O4/c1-2-3-14-23-20(25)19(13-7-11-17-9-5-4-6-10-17)21(26)24(22(23)27)16-18-12-8-15-28-18/h4-13,15H,2-3,14,16H2,1H3. The van der Waals surface area contributed by atoms with E-state index < -0.39 is 17.8 Å². The van der Waals surface area contributed by atoms with Gasteiger partial charge in [0.15, 0.2) is 0 Å².